The molecule has 28 heavy (non-hydrogen) atoms. The van der Waals surface area contributed by atoms with Gasteiger partial charge in [0.2, 0.25) is 0 Å². The average Bonchev–Trinajstić information content (AvgIpc) is 2.90. The maximum absolute atomic E-state index is 12.5. The van der Waals surface area contributed by atoms with Gasteiger partial charge in [-0.25, -0.2) is 0 Å². The molecule has 6 heteroatoms. The number of fused-ring (bicyclic) bond motifs is 1. The van der Waals surface area contributed by atoms with Gasteiger partial charge in [-0.1, -0.05) is 31.5 Å². The highest BCUT2D eigenvalue weighted by atomic mass is 35.5. The Hall–Kier alpha value is -2.40. The Bertz CT molecular complexity index is 837. The molecule has 2 aromatic carbocycles. The first-order valence-electron chi connectivity index (χ1n) is 9.52. The van der Waals surface area contributed by atoms with E-state index < -0.39 is 0 Å². The van der Waals surface area contributed by atoms with Gasteiger partial charge in [-0.05, 0) is 54.3 Å². The number of benzene rings is 2. The number of aryl methyl sites for hydroxylation is 1. The highest BCUT2D eigenvalue weighted by molar-refractivity contribution is 6.30. The zero-order valence-electron chi connectivity index (χ0n) is 16.5. The number of hydrogen-bond donors (Lipinski definition) is 1. The van der Waals surface area contributed by atoms with Gasteiger partial charge in [-0.15, -0.1) is 0 Å². The van der Waals surface area contributed by atoms with E-state index in [0.717, 1.165) is 29.0 Å². The fraction of sp³-hybridized carbons (Fsp3) is 0.409. The predicted molar refractivity (Wildman–Crippen MR) is 109 cm³/mol. The molecule has 0 fully saturated rings. The van der Waals surface area contributed by atoms with Crippen molar-refractivity contribution < 1.29 is 19.0 Å². The fourth-order valence-corrected chi connectivity index (χ4v) is 3.37. The largest absolute Gasteiger partial charge is 0.490 e. The highest BCUT2D eigenvalue weighted by Gasteiger charge is 2.21. The summed E-state index contributed by atoms with van der Waals surface area (Å²) in [6.07, 6.45) is 0.857. The van der Waals surface area contributed by atoms with Gasteiger partial charge in [0.05, 0.1) is 19.3 Å². The Morgan fingerprint density at radius 1 is 1.14 bits per heavy atom. The summed E-state index contributed by atoms with van der Waals surface area (Å²) in [5.41, 5.74) is 1.87. The van der Waals surface area contributed by atoms with Crippen molar-refractivity contribution in [2.24, 2.45) is 5.92 Å². The van der Waals surface area contributed by atoms with Gasteiger partial charge in [-0.2, -0.15) is 0 Å². The van der Waals surface area contributed by atoms with E-state index in [1.54, 1.807) is 12.1 Å². The molecule has 0 aliphatic carbocycles. The van der Waals surface area contributed by atoms with Crippen molar-refractivity contribution in [3.8, 4) is 17.2 Å². The second-order valence-corrected chi connectivity index (χ2v) is 7.68. The van der Waals surface area contributed by atoms with Crippen LogP contribution in [0.1, 0.15) is 37.4 Å². The van der Waals surface area contributed by atoms with Crippen molar-refractivity contribution in [1.29, 1.82) is 0 Å². The molecule has 0 unspecified atom stereocenters. The SMILES string of the molecule is Cc1cc(Cl)ccc1OCC(=O)N[C@H](c1ccc2c(c1)OCCCO2)C(C)C. The lowest BCUT2D eigenvalue weighted by Crippen LogP contribution is -2.35. The Balaban J connectivity index is 1.67. The first kappa shape index (κ1) is 20.3. The van der Waals surface area contributed by atoms with Crippen LogP contribution in [0.2, 0.25) is 5.02 Å². The highest BCUT2D eigenvalue weighted by Crippen LogP contribution is 2.34. The van der Waals surface area contributed by atoms with Crippen LogP contribution in [-0.2, 0) is 4.79 Å². The van der Waals surface area contributed by atoms with Crippen LogP contribution in [0.25, 0.3) is 0 Å². The lowest BCUT2D eigenvalue weighted by atomic mass is 9.95. The lowest BCUT2D eigenvalue weighted by molar-refractivity contribution is -0.124. The van der Waals surface area contributed by atoms with Gasteiger partial charge in [0.15, 0.2) is 18.1 Å². The number of halogens is 1. The third-order valence-corrected chi connectivity index (χ3v) is 4.84. The van der Waals surface area contributed by atoms with Gasteiger partial charge in [0.25, 0.3) is 5.91 Å². The first-order chi connectivity index (χ1) is 13.4. The van der Waals surface area contributed by atoms with E-state index in [1.165, 1.54) is 0 Å². The van der Waals surface area contributed by atoms with Gasteiger partial charge < -0.3 is 19.5 Å². The van der Waals surface area contributed by atoms with E-state index in [4.69, 9.17) is 25.8 Å². The second kappa shape index (κ2) is 9.20. The maximum Gasteiger partial charge on any atom is 0.258 e. The smallest absolute Gasteiger partial charge is 0.258 e. The molecule has 3 rings (SSSR count). The Labute approximate surface area is 170 Å². The molecule has 0 bridgehead atoms. The monoisotopic (exact) mass is 403 g/mol. The number of hydrogen-bond acceptors (Lipinski definition) is 4. The van der Waals surface area contributed by atoms with Crippen molar-refractivity contribution in [1.82, 2.24) is 5.32 Å². The quantitative estimate of drug-likeness (QED) is 0.759. The van der Waals surface area contributed by atoms with Crippen LogP contribution in [0.5, 0.6) is 17.2 Å². The molecule has 1 amide bonds. The molecule has 1 atom stereocenters. The van der Waals surface area contributed by atoms with E-state index in [0.29, 0.717) is 24.0 Å². The minimum Gasteiger partial charge on any atom is -0.490 e. The van der Waals surface area contributed by atoms with Crippen LogP contribution in [0, 0.1) is 12.8 Å². The Morgan fingerprint density at radius 2 is 1.89 bits per heavy atom. The van der Waals surface area contributed by atoms with Crippen LogP contribution < -0.4 is 19.5 Å². The third kappa shape index (κ3) is 5.10. The molecule has 0 saturated heterocycles. The van der Waals surface area contributed by atoms with Gasteiger partial charge in [0, 0.05) is 11.4 Å². The fourth-order valence-electron chi connectivity index (χ4n) is 3.14. The van der Waals surface area contributed by atoms with E-state index in [-0.39, 0.29) is 24.5 Å². The molecule has 1 N–H and O–H groups in total. The standard InChI is InChI=1S/C22H26ClNO4/c1-14(2)22(16-5-7-19-20(12-16)27-10-4-9-26-19)24-21(25)13-28-18-8-6-17(23)11-15(18)3/h5-8,11-12,14,22H,4,9-10,13H2,1-3H3,(H,24,25)/t22-/m0/s1. The van der Waals surface area contributed by atoms with Crippen molar-refractivity contribution in [2.75, 3.05) is 19.8 Å². The van der Waals surface area contributed by atoms with Crippen LogP contribution in [0.3, 0.4) is 0 Å². The number of carbonyl (C=O) groups is 1. The minimum absolute atomic E-state index is 0.0593. The van der Waals surface area contributed by atoms with Crippen molar-refractivity contribution in [3.63, 3.8) is 0 Å². The van der Waals surface area contributed by atoms with Gasteiger partial charge in [-0.3, -0.25) is 4.79 Å². The van der Waals surface area contributed by atoms with E-state index in [1.807, 2.05) is 31.2 Å². The van der Waals surface area contributed by atoms with Crippen LogP contribution >= 0.6 is 11.6 Å². The van der Waals surface area contributed by atoms with Gasteiger partial charge >= 0.3 is 0 Å². The molecule has 5 nitrogen and oxygen atoms in total. The zero-order valence-corrected chi connectivity index (χ0v) is 17.2. The first-order valence-corrected chi connectivity index (χ1v) is 9.89. The Morgan fingerprint density at radius 3 is 2.61 bits per heavy atom. The van der Waals surface area contributed by atoms with Crippen molar-refractivity contribution >= 4 is 17.5 Å². The van der Waals surface area contributed by atoms with Crippen molar-refractivity contribution in [2.45, 2.75) is 33.2 Å². The van der Waals surface area contributed by atoms with Crippen LogP contribution in [0.4, 0.5) is 0 Å². The molecular weight excluding hydrogens is 378 g/mol. The number of carbonyl (C=O) groups excluding carboxylic acids is 1. The molecule has 1 aliphatic heterocycles. The number of nitrogens with one attached hydrogen (secondary N) is 1. The molecule has 1 aliphatic rings. The summed E-state index contributed by atoms with van der Waals surface area (Å²) in [5, 5.41) is 3.71. The summed E-state index contributed by atoms with van der Waals surface area (Å²) < 4.78 is 17.1. The number of rotatable bonds is 6. The average molecular weight is 404 g/mol. The third-order valence-electron chi connectivity index (χ3n) is 4.61. The molecular formula is C22H26ClNO4. The van der Waals surface area contributed by atoms with Crippen molar-refractivity contribution in [3.05, 3.63) is 52.5 Å². The summed E-state index contributed by atoms with van der Waals surface area (Å²) in [4.78, 5) is 12.5. The van der Waals surface area contributed by atoms with E-state index >= 15 is 0 Å². The topological polar surface area (TPSA) is 56.8 Å². The number of ether oxygens (including phenoxy) is 3. The van der Waals surface area contributed by atoms with Crippen LogP contribution in [0.15, 0.2) is 36.4 Å². The normalized spacial score (nSPS) is 14.3. The molecule has 0 radical (unpaired) electrons. The minimum atomic E-state index is -0.180. The molecule has 150 valence electrons. The number of amides is 1. The predicted octanol–water partition coefficient (Wildman–Crippen LogP) is 4.70. The molecule has 0 spiro atoms. The summed E-state index contributed by atoms with van der Waals surface area (Å²) in [7, 11) is 0. The van der Waals surface area contributed by atoms with E-state index in [9.17, 15) is 4.79 Å². The summed E-state index contributed by atoms with van der Waals surface area (Å²) >= 11 is 5.96. The van der Waals surface area contributed by atoms with E-state index in [2.05, 4.69) is 19.2 Å². The molecule has 0 saturated carbocycles. The molecule has 0 aromatic heterocycles. The molecule has 1 heterocycles. The lowest BCUT2D eigenvalue weighted by Gasteiger charge is -2.24. The molecule has 2 aromatic rings. The summed E-state index contributed by atoms with van der Waals surface area (Å²) in [5.74, 6) is 2.14. The van der Waals surface area contributed by atoms with Gasteiger partial charge in [0.1, 0.15) is 5.75 Å². The van der Waals surface area contributed by atoms with Crippen LogP contribution in [-0.4, -0.2) is 25.7 Å². The zero-order chi connectivity index (χ0) is 20.1. The maximum atomic E-state index is 12.5. The second-order valence-electron chi connectivity index (χ2n) is 7.24. The summed E-state index contributed by atoms with van der Waals surface area (Å²) in [6, 6.07) is 11.0. The summed E-state index contributed by atoms with van der Waals surface area (Å²) in [6.45, 7) is 7.25. The Kier molecular flexibility index (Phi) is 6.68.